The third-order valence-electron chi connectivity index (χ3n) is 4.51. The van der Waals surface area contributed by atoms with E-state index < -0.39 is 0 Å². The van der Waals surface area contributed by atoms with Crippen LogP contribution in [0, 0.1) is 0 Å². The monoisotopic (exact) mass is 406 g/mol. The molecule has 1 atom stereocenters. The van der Waals surface area contributed by atoms with Crippen LogP contribution in [-0.2, 0) is 16.1 Å². The Labute approximate surface area is 168 Å². The van der Waals surface area contributed by atoms with Crippen LogP contribution in [0.25, 0.3) is 0 Å². The molecule has 0 bridgehead atoms. The lowest BCUT2D eigenvalue weighted by Crippen LogP contribution is -3.08. The third-order valence-corrected chi connectivity index (χ3v) is 5.09. The van der Waals surface area contributed by atoms with Gasteiger partial charge in [-0.05, 0) is 42.8 Å². The van der Waals surface area contributed by atoms with Gasteiger partial charge in [0.2, 0.25) is 5.91 Å². The van der Waals surface area contributed by atoms with Crippen molar-refractivity contribution in [3.05, 3.63) is 58.1 Å². The van der Waals surface area contributed by atoms with E-state index in [1.54, 1.807) is 17.0 Å². The Morgan fingerprint density at radius 3 is 2.56 bits per heavy atom. The summed E-state index contributed by atoms with van der Waals surface area (Å²) in [5.74, 6) is 0.0699. The summed E-state index contributed by atoms with van der Waals surface area (Å²) in [5.41, 5.74) is 2.54. The van der Waals surface area contributed by atoms with Crippen LogP contribution >= 0.6 is 23.2 Å². The van der Waals surface area contributed by atoms with Gasteiger partial charge in [0.05, 0.1) is 12.1 Å². The molecule has 2 aromatic rings. The number of anilines is 2. The zero-order chi connectivity index (χ0) is 19.4. The molecule has 1 fully saturated rings. The molecule has 1 aliphatic rings. The van der Waals surface area contributed by atoms with Gasteiger partial charge in [-0.2, -0.15) is 0 Å². The largest absolute Gasteiger partial charge is 0.326 e. The quantitative estimate of drug-likeness (QED) is 0.774. The smallest absolute Gasteiger partial charge is 0.279 e. The molecule has 142 valence electrons. The number of benzene rings is 2. The van der Waals surface area contributed by atoms with E-state index in [4.69, 9.17) is 23.2 Å². The van der Waals surface area contributed by atoms with Gasteiger partial charge in [-0.15, -0.1) is 0 Å². The molecule has 5 nitrogen and oxygen atoms in total. The summed E-state index contributed by atoms with van der Waals surface area (Å²) in [6.45, 7) is 1.69. The second-order valence-corrected chi connectivity index (χ2v) is 7.63. The van der Waals surface area contributed by atoms with Crippen LogP contribution in [-0.4, -0.2) is 32.0 Å². The standard InChI is InChI=1S/C20H21Cl2N3O2/c1-24(12-14-4-5-15(21)11-18(14)22)13-19(26)23-16-6-8-17(9-7-16)25-10-2-3-20(25)27/h4-9,11H,2-3,10,12-13H2,1H3,(H,23,26)/p+1. The maximum atomic E-state index is 12.3. The van der Waals surface area contributed by atoms with Crippen LogP contribution < -0.4 is 15.1 Å². The predicted molar refractivity (Wildman–Crippen MR) is 109 cm³/mol. The molecule has 3 rings (SSSR count). The van der Waals surface area contributed by atoms with Crippen LogP contribution in [0.1, 0.15) is 18.4 Å². The minimum atomic E-state index is -0.0809. The first-order valence-electron chi connectivity index (χ1n) is 8.88. The number of quaternary nitrogens is 1. The lowest BCUT2D eigenvalue weighted by Gasteiger charge is -2.17. The lowest BCUT2D eigenvalue weighted by atomic mass is 10.2. The summed E-state index contributed by atoms with van der Waals surface area (Å²) in [5, 5.41) is 4.10. The highest BCUT2D eigenvalue weighted by molar-refractivity contribution is 6.35. The molecular formula is C20H22Cl2N3O2+. The summed E-state index contributed by atoms with van der Waals surface area (Å²) < 4.78 is 0. The number of nitrogens with one attached hydrogen (secondary N) is 2. The van der Waals surface area contributed by atoms with Crippen molar-refractivity contribution in [2.24, 2.45) is 0 Å². The van der Waals surface area contributed by atoms with Gasteiger partial charge >= 0.3 is 0 Å². The van der Waals surface area contributed by atoms with E-state index in [0.717, 1.165) is 29.1 Å². The number of carbonyl (C=O) groups is 2. The molecule has 1 heterocycles. The maximum Gasteiger partial charge on any atom is 0.279 e. The first-order chi connectivity index (χ1) is 12.9. The van der Waals surface area contributed by atoms with Crippen molar-refractivity contribution in [3.63, 3.8) is 0 Å². The first kappa shape index (κ1) is 19.7. The van der Waals surface area contributed by atoms with Crippen LogP contribution in [0.5, 0.6) is 0 Å². The van der Waals surface area contributed by atoms with Crippen molar-refractivity contribution in [1.82, 2.24) is 0 Å². The van der Waals surface area contributed by atoms with Gasteiger partial charge in [-0.25, -0.2) is 0 Å². The molecule has 1 saturated heterocycles. The van der Waals surface area contributed by atoms with Gasteiger partial charge in [-0.1, -0.05) is 29.3 Å². The Bertz CT molecular complexity index is 840. The molecule has 0 aliphatic carbocycles. The molecule has 2 aromatic carbocycles. The van der Waals surface area contributed by atoms with Crippen LogP contribution in [0.15, 0.2) is 42.5 Å². The Morgan fingerprint density at radius 1 is 1.19 bits per heavy atom. The molecule has 7 heteroatoms. The summed E-state index contributed by atoms with van der Waals surface area (Å²) in [6.07, 6.45) is 1.50. The van der Waals surface area contributed by atoms with E-state index in [1.807, 2.05) is 37.4 Å². The summed E-state index contributed by atoms with van der Waals surface area (Å²) in [6, 6.07) is 12.8. The fourth-order valence-corrected chi connectivity index (χ4v) is 3.65. The first-order valence-corrected chi connectivity index (χ1v) is 9.63. The molecule has 27 heavy (non-hydrogen) atoms. The fraction of sp³-hybridized carbons (Fsp3) is 0.300. The summed E-state index contributed by atoms with van der Waals surface area (Å²) in [7, 11) is 1.94. The molecule has 0 radical (unpaired) electrons. The van der Waals surface area contributed by atoms with Crippen molar-refractivity contribution in [2.75, 3.05) is 30.4 Å². The predicted octanol–water partition coefficient (Wildman–Crippen LogP) is 2.77. The molecule has 1 aliphatic heterocycles. The van der Waals surface area contributed by atoms with E-state index in [1.165, 1.54) is 0 Å². The molecule has 0 aromatic heterocycles. The molecule has 2 N–H and O–H groups in total. The van der Waals surface area contributed by atoms with E-state index in [2.05, 4.69) is 5.32 Å². The summed E-state index contributed by atoms with van der Waals surface area (Å²) >= 11 is 12.1. The van der Waals surface area contributed by atoms with E-state index in [9.17, 15) is 9.59 Å². The van der Waals surface area contributed by atoms with Gasteiger partial charge in [0.25, 0.3) is 5.91 Å². The number of likely N-dealkylation sites (N-methyl/N-ethyl adjacent to an activating group) is 1. The molecule has 2 amide bonds. The Hall–Kier alpha value is -2.08. The normalized spacial score (nSPS) is 15.1. The van der Waals surface area contributed by atoms with Crippen LogP contribution in [0.2, 0.25) is 10.0 Å². The summed E-state index contributed by atoms with van der Waals surface area (Å²) in [4.78, 5) is 26.9. The number of hydrogen-bond acceptors (Lipinski definition) is 2. The number of hydrogen-bond donors (Lipinski definition) is 2. The van der Waals surface area contributed by atoms with Gasteiger partial charge in [0.1, 0.15) is 6.54 Å². The molecule has 1 unspecified atom stereocenters. The second kappa shape index (κ2) is 8.74. The Kier molecular flexibility index (Phi) is 6.37. The van der Waals surface area contributed by atoms with Gasteiger partial charge in [0, 0.05) is 34.9 Å². The van der Waals surface area contributed by atoms with Crippen molar-refractivity contribution in [3.8, 4) is 0 Å². The van der Waals surface area contributed by atoms with Crippen LogP contribution in [0.3, 0.4) is 0 Å². The van der Waals surface area contributed by atoms with Crippen molar-refractivity contribution < 1.29 is 14.5 Å². The topological polar surface area (TPSA) is 53.9 Å². The Balaban J connectivity index is 1.53. The van der Waals surface area contributed by atoms with Gasteiger partial charge < -0.3 is 15.1 Å². The van der Waals surface area contributed by atoms with Gasteiger partial charge in [0.15, 0.2) is 6.54 Å². The maximum absolute atomic E-state index is 12.3. The van der Waals surface area contributed by atoms with Crippen molar-refractivity contribution in [1.29, 1.82) is 0 Å². The highest BCUT2D eigenvalue weighted by Crippen LogP contribution is 2.23. The van der Waals surface area contributed by atoms with Gasteiger partial charge in [-0.3, -0.25) is 9.59 Å². The molecule has 0 saturated carbocycles. The van der Waals surface area contributed by atoms with E-state index in [0.29, 0.717) is 35.2 Å². The number of nitrogens with zero attached hydrogens (tertiary/aromatic N) is 1. The molecule has 0 spiro atoms. The zero-order valence-corrected chi connectivity index (χ0v) is 16.6. The third kappa shape index (κ3) is 5.22. The Morgan fingerprint density at radius 2 is 1.93 bits per heavy atom. The molecular weight excluding hydrogens is 385 g/mol. The lowest BCUT2D eigenvalue weighted by molar-refractivity contribution is -0.885. The number of carbonyl (C=O) groups excluding carboxylic acids is 2. The van der Waals surface area contributed by atoms with Crippen molar-refractivity contribution in [2.45, 2.75) is 19.4 Å². The van der Waals surface area contributed by atoms with E-state index in [-0.39, 0.29) is 11.8 Å². The number of amides is 2. The van der Waals surface area contributed by atoms with Crippen molar-refractivity contribution >= 4 is 46.4 Å². The number of halogens is 2. The zero-order valence-electron chi connectivity index (χ0n) is 15.1. The second-order valence-electron chi connectivity index (χ2n) is 6.79. The van der Waals surface area contributed by atoms with E-state index >= 15 is 0 Å². The number of rotatable bonds is 6. The fourth-order valence-electron chi connectivity index (χ4n) is 3.18. The highest BCUT2D eigenvalue weighted by atomic mass is 35.5. The van der Waals surface area contributed by atoms with Crippen LogP contribution in [0.4, 0.5) is 11.4 Å². The minimum Gasteiger partial charge on any atom is -0.326 e. The minimum absolute atomic E-state index is 0.0809. The average molecular weight is 407 g/mol. The SMILES string of the molecule is C[NH+](CC(=O)Nc1ccc(N2CCCC2=O)cc1)Cc1ccc(Cl)cc1Cl. The average Bonchev–Trinajstić information content (AvgIpc) is 3.04. The highest BCUT2D eigenvalue weighted by Gasteiger charge is 2.21.